The average Bonchev–Trinajstić information content (AvgIpc) is 2.01. The molecule has 0 fully saturated rings. The second-order valence-corrected chi connectivity index (χ2v) is 2.56. The topological polar surface area (TPSA) is 52.5 Å². The van der Waals surface area contributed by atoms with E-state index in [9.17, 15) is 4.39 Å². The molecule has 1 rings (SSSR count). The first-order valence-corrected chi connectivity index (χ1v) is 3.50. The van der Waals surface area contributed by atoms with Crippen molar-refractivity contribution in [2.75, 3.05) is 0 Å². The number of aromatic hydroxyl groups is 1. The van der Waals surface area contributed by atoms with Crippen molar-refractivity contribution < 1.29 is 14.7 Å². The Morgan fingerprint density at radius 3 is 2.75 bits per heavy atom. The average molecular weight is 171 g/mol. The zero-order valence-electron chi connectivity index (χ0n) is 6.63. The molecule has 0 spiro atoms. The molecule has 0 saturated carbocycles. The maximum Gasteiger partial charge on any atom is 0.165 e. The molecule has 3 N–H and O–H groups in total. The molecule has 0 aliphatic rings. The van der Waals surface area contributed by atoms with Crippen molar-refractivity contribution in [2.45, 2.75) is 13.5 Å². The highest BCUT2D eigenvalue weighted by atomic mass is 19.1. The van der Waals surface area contributed by atoms with Gasteiger partial charge in [-0.3, -0.25) is 0 Å². The number of rotatable bonds is 2. The van der Waals surface area contributed by atoms with E-state index in [-0.39, 0.29) is 12.3 Å². The lowest BCUT2D eigenvalue weighted by atomic mass is 10.1. The van der Waals surface area contributed by atoms with Gasteiger partial charge >= 0.3 is 0 Å². The maximum absolute atomic E-state index is 12.7. The number of benzene rings is 1. The molecular formula is C8H10FNO2. The number of halogens is 1. The highest BCUT2D eigenvalue weighted by Crippen LogP contribution is 2.20. The van der Waals surface area contributed by atoms with Crippen molar-refractivity contribution >= 4 is 0 Å². The van der Waals surface area contributed by atoms with Crippen LogP contribution in [0, 0.1) is 12.7 Å². The minimum absolute atomic E-state index is 0.170. The van der Waals surface area contributed by atoms with E-state index in [4.69, 9.17) is 10.3 Å². The number of phenols is 1. The number of hydrogen-bond donors (Lipinski definition) is 3. The Bertz CT molecular complexity index is 289. The number of hydrogen-bond acceptors (Lipinski definition) is 3. The fourth-order valence-electron chi connectivity index (χ4n) is 0.983. The Balaban J connectivity index is 3.05. The van der Waals surface area contributed by atoms with E-state index in [0.717, 1.165) is 5.56 Å². The summed E-state index contributed by atoms with van der Waals surface area (Å²) in [6, 6.07) is 2.51. The van der Waals surface area contributed by atoms with Gasteiger partial charge in [-0.2, -0.15) is 0 Å². The summed E-state index contributed by atoms with van der Waals surface area (Å²) in [5, 5.41) is 17.3. The van der Waals surface area contributed by atoms with E-state index in [1.165, 1.54) is 12.1 Å². The molecule has 0 aliphatic carbocycles. The Morgan fingerprint density at radius 1 is 1.50 bits per heavy atom. The van der Waals surface area contributed by atoms with Gasteiger partial charge in [-0.1, -0.05) is 0 Å². The SMILES string of the molecule is Cc1cc(O)c(F)cc1CNO. The minimum Gasteiger partial charge on any atom is -0.505 e. The van der Waals surface area contributed by atoms with Crippen LogP contribution in [0.1, 0.15) is 11.1 Å². The summed E-state index contributed by atoms with van der Waals surface area (Å²) >= 11 is 0. The van der Waals surface area contributed by atoms with Gasteiger partial charge in [0.25, 0.3) is 0 Å². The lowest BCUT2D eigenvalue weighted by molar-refractivity contribution is 0.161. The summed E-state index contributed by atoms with van der Waals surface area (Å²) < 4.78 is 12.7. The molecule has 0 heterocycles. The summed E-state index contributed by atoms with van der Waals surface area (Å²) in [5.74, 6) is -1.04. The van der Waals surface area contributed by atoms with E-state index in [2.05, 4.69) is 0 Å². The fourth-order valence-corrected chi connectivity index (χ4v) is 0.983. The normalized spacial score (nSPS) is 10.2. The largest absolute Gasteiger partial charge is 0.505 e. The zero-order valence-corrected chi connectivity index (χ0v) is 6.63. The lowest BCUT2D eigenvalue weighted by Gasteiger charge is -2.05. The van der Waals surface area contributed by atoms with Gasteiger partial charge in [-0.25, -0.2) is 9.87 Å². The van der Waals surface area contributed by atoms with Crippen molar-refractivity contribution in [1.29, 1.82) is 0 Å². The van der Waals surface area contributed by atoms with Gasteiger partial charge in [0.15, 0.2) is 11.6 Å². The molecule has 4 heteroatoms. The molecule has 0 radical (unpaired) electrons. The van der Waals surface area contributed by atoms with Crippen LogP contribution >= 0.6 is 0 Å². The third kappa shape index (κ3) is 1.72. The predicted molar refractivity (Wildman–Crippen MR) is 41.4 cm³/mol. The van der Waals surface area contributed by atoms with E-state index >= 15 is 0 Å². The zero-order chi connectivity index (χ0) is 9.14. The Morgan fingerprint density at radius 2 is 2.17 bits per heavy atom. The molecule has 0 atom stereocenters. The molecule has 0 saturated heterocycles. The lowest BCUT2D eigenvalue weighted by Crippen LogP contribution is -2.07. The van der Waals surface area contributed by atoms with Crippen LogP contribution in [0.5, 0.6) is 5.75 Å². The Hall–Kier alpha value is -1.13. The molecule has 1 aromatic carbocycles. The van der Waals surface area contributed by atoms with E-state index in [1.807, 2.05) is 5.48 Å². The standard InChI is InChI=1S/C8H10FNO2/c1-5-2-8(11)7(9)3-6(5)4-10-12/h2-3,10-12H,4H2,1H3. The molecule has 0 bridgehead atoms. The van der Waals surface area contributed by atoms with Crippen LogP contribution in [0.15, 0.2) is 12.1 Å². The summed E-state index contributed by atoms with van der Waals surface area (Å²) in [7, 11) is 0. The smallest absolute Gasteiger partial charge is 0.165 e. The first-order valence-electron chi connectivity index (χ1n) is 3.50. The molecule has 0 unspecified atom stereocenters. The van der Waals surface area contributed by atoms with Crippen LogP contribution in [0.3, 0.4) is 0 Å². The van der Waals surface area contributed by atoms with Crippen LogP contribution in [-0.2, 0) is 6.54 Å². The van der Waals surface area contributed by atoms with Crippen molar-refractivity contribution in [3.8, 4) is 5.75 Å². The van der Waals surface area contributed by atoms with Gasteiger partial charge in [0, 0.05) is 6.54 Å². The first kappa shape index (κ1) is 8.96. The monoisotopic (exact) mass is 171 g/mol. The number of hydroxylamine groups is 1. The first-order chi connectivity index (χ1) is 5.65. The van der Waals surface area contributed by atoms with Gasteiger partial charge in [0.05, 0.1) is 0 Å². The van der Waals surface area contributed by atoms with Gasteiger partial charge in [-0.15, -0.1) is 0 Å². The van der Waals surface area contributed by atoms with Crippen molar-refractivity contribution in [3.63, 3.8) is 0 Å². The fraction of sp³-hybridized carbons (Fsp3) is 0.250. The van der Waals surface area contributed by atoms with Gasteiger partial charge < -0.3 is 10.3 Å². The highest BCUT2D eigenvalue weighted by molar-refractivity contribution is 5.35. The molecule has 66 valence electrons. The number of phenolic OH excluding ortho intramolecular Hbond substituents is 1. The molecular weight excluding hydrogens is 161 g/mol. The molecule has 12 heavy (non-hydrogen) atoms. The summed E-state index contributed by atoms with van der Waals surface area (Å²) in [5.41, 5.74) is 3.27. The maximum atomic E-state index is 12.7. The minimum atomic E-state index is -0.675. The second-order valence-electron chi connectivity index (χ2n) is 2.56. The summed E-state index contributed by atoms with van der Waals surface area (Å²) in [6.07, 6.45) is 0. The third-order valence-corrected chi connectivity index (χ3v) is 1.67. The van der Waals surface area contributed by atoms with Crippen LogP contribution < -0.4 is 5.48 Å². The van der Waals surface area contributed by atoms with Crippen LogP contribution in [0.4, 0.5) is 4.39 Å². The molecule has 3 nitrogen and oxygen atoms in total. The number of aryl methyl sites for hydroxylation is 1. The summed E-state index contributed by atoms with van der Waals surface area (Å²) in [4.78, 5) is 0. The van der Waals surface area contributed by atoms with Crippen molar-refractivity contribution in [2.24, 2.45) is 0 Å². The quantitative estimate of drug-likeness (QED) is 0.588. The van der Waals surface area contributed by atoms with Gasteiger partial charge in [0.2, 0.25) is 0 Å². The van der Waals surface area contributed by atoms with Crippen molar-refractivity contribution in [3.05, 3.63) is 29.1 Å². The second kappa shape index (κ2) is 3.51. The van der Waals surface area contributed by atoms with E-state index in [0.29, 0.717) is 5.56 Å². The van der Waals surface area contributed by atoms with Crippen LogP contribution in [0.2, 0.25) is 0 Å². The predicted octanol–water partition coefficient (Wildman–Crippen LogP) is 1.32. The Kier molecular flexibility index (Phi) is 2.62. The van der Waals surface area contributed by atoms with Gasteiger partial charge in [0.1, 0.15) is 0 Å². The molecule has 1 aromatic rings. The van der Waals surface area contributed by atoms with Crippen LogP contribution in [0.25, 0.3) is 0 Å². The van der Waals surface area contributed by atoms with Crippen LogP contribution in [-0.4, -0.2) is 10.3 Å². The number of nitrogens with one attached hydrogen (secondary N) is 1. The van der Waals surface area contributed by atoms with Crippen molar-refractivity contribution in [1.82, 2.24) is 5.48 Å². The molecule has 0 aromatic heterocycles. The van der Waals surface area contributed by atoms with E-state index in [1.54, 1.807) is 6.92 Å². The third-order valence-electron chi connectivity index (χ3n) is 1.67. The Labute approximate surface area is 69.4 Å². The highest BCUT2D eigenvalue weighted by Gasteiger charge is 2.04. The molecule has 0 aliphatic heterocycles. The summed E-state index contributed by atoms with van der Waals surface area (Å²) in [6.45, 7) is 1.90. The van der Waals surface area contributed by atoms with Gasteiger partial charge in [-0.05, 0) is 30.2 Å². The van der Waals surface area contributed by atoms with E-state index < -0.39 is 5.82 Å². The molecule has 0 amide bonds.